The van der Waals surface area contributed by atoms with Crippen molar-refractivity contribution < 1.29 is 26.8 Å². The van der Waals surface area contributed by atoms with Crippen LogP contribution in [-0.2, 0) is 22.5 Å². The average Bonchev–Trinajstić information content (AvgIpc) is 3.20. The molecule has 11 heteroatoms. The van der Waals surface area contributed by atoms with Crippen molar-refractivity contribution in [3.63, 3.8) is 0 Å². The van der Waals surface area contributed by atoms with Crippen molar-refractivity contribution in [2.75, 3.05) is 5.32 Å². The Morgan fingerprint density at radius 2 is 2.03 bits per heavy atom. The Bertz CT molecular complexity index is 1310. The van der Waals surface area contributed by atoms with Crippen LogP contribution in [0.1, 0.15) is 38.9 Å². The summed E-state index contributed by atoms with van der Waals surface area (Å²) in [5, 5.41) is 5.00. The molecular weight excluding hydrogens is 430 g/mol. The Morgan fingerprint density at radius 1 is 1.26 bits per heavy atom. The van der Waals surface area contributed by atoms with Gasteiger partial charge in [-0.05, 0) is 42.0 Å². The van der Waals surface area contributed by atoms with Crippen molar-refractivity contribution in [1.82, 2.24) is 14.3 Å². The molecule has 0 atom stereocenters. The number of alkyl halides is 2. The van der Waals surface area contributed by atoms with E-state index in [1.165, 1.54) is 55.0 Å². The number of benzene rings is 1. The molecule has 0 spiro atoms. The van der Waals surface area contributed by atoms with Gasteiger partial charge in [0.25, 0.3) is 27.8 Å². The van der Waals surface area contributed by atoms with Crippen molar-refractivity contribution >= 4 is 27.5 Å². The Balaban J connectivity index is 1.61. The molecular formula is C20H16F2N4O4S. The molecule has 0 aliphatic carbocycles. The summed E-state index contributed by atoms with van der Waals surface area (Å²) in [4.78, 5) is 28.6. The predicted molar refractivity (Wildman–Crippen MR) is 106 cm³/mol. The topological polar surface area (TPSA) is 110 Å². The molecule has 2 aromatic heterocycles. The van der Waals surface area contributed by atoms with E-state index in [-0.39, 0.29) is 39.5 Å². The summed E-state index contributed by atoms with van der Waals surface area (Å²) >= 11 is 0. The number of carbonyl (C=O) groups is 2. The van der Waals surface area contributed by atoms with E-state index in [2.05, 4.69) is 15.6 Å². The van der Waals surface area contributed by atoms with E-state index in [9.17, 15) is 26.8 Å². The fourth-order valence-corrected chi connectivity index (χ4v) is 4.78. The highest BCUT2D eigenvalue weighted by molar-refractivity contribution is 7.90. The zero-order chi connectivity index (χ0) is 22.4. The highest BCUT2D eigenvalue weighted by Crippen LogP contribution is 2.31. The monoisotopic (exact) mass is 446 g/mol. The quantitative estimate of drug-likeness (QED) is 0.640. The van der Waals surface area contributed by atoms with Crippen LogP contribution in [0.5, 0.6) is 0 Å². The van der Waals surface area contributed by atoms with Gasteiger partial charge in [-0.3, -0.25) is 14.6 Å². The van der Waals surface area contributed by atoms with Crippen LogP contribution >= 0.6 is 0 Å². The first-order valence-electron chi connectivity index (χ1n) is 9.07. The fraction of sp³-hybridized carbons (Fsp3) is 0.150. The number of amides is 2. The number of carbonyl (C=O) groups excluding carboxylic acids is 2. The number of aromatic nitrogens is 2. The molecule has 0 saturated heterocycles. The lowest BCUT2D eigenvalue weighted by atomic mass is 10.1. The second kappa shape index (κ2) is 7.27. The molecule has 1 aromatic carbocycles. The van der Waals surface area contributed by atoms with Gasteiger partial charge in [0.1, 0.15) is 10.6 Å². The van der Waals surface area contributed by atoms with Crippen molar-refractivity contribution in [1.29, 1.82) is 0 Å². The highest BCUT2D eigenvalue weighted by atomic mass is 32.2. The van der Waals surface area contributed by atoms with Gasteiger partial charge in [0, 0.05) is 43.2 Å². The second-order valence-electron chi connectivity index (χ2n) is 6.96. The van der Waals surface area contributed by atoms with Gasteiger partial charge in [-0.2, -0.15) is 0 Å². The first-order valence-corrected chi connectivity index (χ1v) is 10.5. The number of halogens is 2. The molecule has 2 N–H and O–H groups in total. The summed E-state index contributed by atoms with van der Waals surface area (Å²) in [6.07, 6.45) is 3.74. The summed E-state index contributed by atoms with van der Waals surface area (Å²) in [6, 6.07) is 7.70. The molecule has 160 valence electrons. The Labute approximate surface area is 176 Å². The molecule has 2 amide bonds. The van der Waals surface area contributed by atoms with Crippen molar-refractivity contribution in [2.24, 2.45) is 0 Å². The summed E-state index contributed by atoms with van der Waals surface area (Å²) in [7, 11) is -4.04. The molecule has 1 aliphatic rings. The molecule has 31 heavy (non-hydrogen) atoms. The summed E-state index contributed by atoms with van der Waals surface area (Å²) in [6.45, 7) is 0.540. The van der Waals surface area contributed by atoms with Crippen LogP contribution in [0, 0.1) is 0 Å². The van der Waals surface area contributed by atoms with Gasteiger partial charge in [-0.25, -0.2) is 21.2 Å². The van der Waals surface area contributed by atoms with E-state index in [1.54, 1.807) is 0 Å². The average molecular weight is 446 g/mol. The molecule has 3 aromatic rings. The van der Waals surface area contributed by atoms with Crippen LogP contribution < -0.4 is 10.6 Å². The zero-order valence-electron chi connectivity index (χ0n) is 16.1. The van der Waals surface area contributed by atoms with E-state index < -0.39 is 27.8 Å². The van der Waals surface area contributed by atoms with Gasteiger partial charge in [0.05, 0.1) is 5.69 Å². The number of hydrogen-bond acceptors (Lipinski definition) is 5. The number of nitrogens with one attached hydrogen (secondary N) is 2. The molecule has 0 saturated carbocycles. The molecule has 4 rings (SSSR count). The van der Waals surface area contributed by atoms with Crippen molar-refractivity contribution in [3.05, 3.63) is 77.4 Å². The lowest BCUT2D eigenvalue weighted by Gasteiger charge is -2.16. The summed E-state index contributed by atoms with van der Waals surface area (Å²) < 4.78 is 54.0. The Hall–Kier alpha value is -3.60. The molecule has 0 radical (unpaired) electrons. The maximum absolute atomic E-state index is 13.7. The first kappa shape index (κ1) is 20.7. The number of hydrogen-bond donors (Lipinski definition) is 2. The maximum Gasteiger partial charge on any atom is 0.273 e. The predicted octanol–water partition coefficient (Wildman–Crippen LogP) is 2.73. The van der Waals surface area contributed by atoms with Gasteiger partial charge < -0.3 is 10.6 Å². The first-order chi connectivity index (χ1) is 14.6. The molecule has 1 aliphatic heterocycles. The van der Waals surface area contributed by atoms with Gasteiger partial charge in [0.2, 0.25) is 0 Å². The third kappa shape index (κ3) is 3.67. The fourth-order valence-electron chi connectivity index (χ4n) is 3.31. The standard InChI is InChI=1S/C20H16F2N4O4S/c1-20(21,22)14-6-7-23-10-13(14)11-24-18(27)12-4-5-17-15(9-12)25-19(28)16-3-2-8-26(16)31(17,29)30/h2-10H,11H2,1H3,(H,24,27)(H,25,28). The third-order valence-electron chi connectivity index (χ3n) is 4.79. The normalized spacial score (nSPS) is 14.7. The van der Waals surface area contributed by atoms with Crippen molar-refractivity contribution in [2.45, 2.75) is 24.3 Å². The number of anilines is 1. The number of pyridine rings is 1. The highest BCUT2D eigenvalue weighted by Gasteiger charge is 2.31. The molecule has 0 bridgehead atoms. The lowest BCUT2D eigenvalue weighted by Crippen LogP contribution is -2.25. The molecule has 0 fully saturated rings. The SMILES string of the molecule is CC(F)(F)c1ccncc1CNC(=O)c1ccc2c(c1)NC(=O)c1cccn1S2(=O)=O. The Kier molecular flexibility index (Phi) is 4.85. The van der Waals surface area contributed by atoms with Crippen LogP contribution in [0.15, 0.2) is 59.9 Å². The van der Waals surface area contributed by atoms with E-state index in [0.717, 1.165) is 10.9 Å². The van der Waals surface area contributed by atoms with E-state index >= 15 is 0 Å². The Morgan fingerprint density at radius 3 is 2.77 bits per heavy atom. The van der Waals surface area contributed by atoms with Gasteiger partial charge in [-0.15, -0.1) is 0 Å². The zero-order valence-corrected chi connectivity index (χ0v) is 16.9. The largest absolute Gasteiger partial charge is 0.348 e. The van der Waals surface area contributed by atoms with Crippen LogP contribution in [0.4, 0.5) is 14.5 Å². The number of nitrogens with zero attached hydrogens (tertiary/aromatic N) is 2. The van der Waals surface area contributed by atoms with Crippen LogP contribution in [-0.4, -0.2) is 29.2 Å². The van der Waals surface area contributed by atoms with Gasteiger partial charge in [0.15, 0.2) is 0 Å². The van der Waals surface area contributed by atoms with E-state index in [0.29, 0.717) is 0 Å². The van der Waals surface area contributed by atoms with Crippen LogP contribution in [0.25, 0.3) is 0 Å². The minimum absolute atomic E-state index is 0.0505. The molecule has 8 nitrogen and oxygen atoms in total. The summed E-state index contributed by atoms with van der Waals surface area (Å²) in [5.74, 6) is -4.38. The minimum atomic E-state index is -4.04. The van der Waals surface area contributed by atoms with Gasteiger partial charge in [-0.1, -0.05) is 0 Å². The number of fused-ring (bicyclic) bond motifs is 2. The van der Waals surface area contributed by atoms with Gasteiger partial charge >= 0.3 is 0 Å². The third-order valence-corrected chi connectivity index (χ3v) is 6.54. The second-order valence-corrected chi connectivity index (χ2v) is 8.75. The number of rotatable bonds is 4. The molecule has 3 heterocycles. The lowest BCUT2D eigenvalue weighted by molar-refractivity contribution is 0.0163. The smallest absolute Gasteiger partial charge is 0.273 e. The van der Waals surface area contributed by atoms with E-state index in [1.807, 2.05) is 0 Å². The summed E-state index contributed by atoms with van der Waals surface area (Å²) in [5.41, 5.74) is -0.178. The maximum atomic E-state index is 13.7. The van der Waals surface area contributed by atoms with Crippen molar-refractivity contribution in [3.8, 4) is 0 Å². The molecule has 0 unspecified atom stereocenters. The van der Waals surface area contributed by atoms with Crippen LogP contribution in [0.2, 0.25) is 0 Å². The minimum Gasteiger partial charge on any atom is -0.348 e. The van der Waals surface area contributed by atoms with E-state index in [4.69, 9.17) is 0 Å². The van der Waals surface area contributed by atoms with Crippen LogP contribution in [0.3, 0.4) is 0 Å².